The van der Waals surface area contributed by atoms with Gasteiger partial charge in [0.2, 0.25) is 5.75 Å². The van der Waals surface area contributed by atoms with Crippen LogP contribution < -0.4 is 4.74 Å². The second kappa shape index (κ2) is 4.75. The molecule has 6 heteroatoms. The van der Waals surface area contributed by atoms with Gasteiger partial charge in [0.25, 0.3) is 0 Å². The van der Waals surface area contributed by atoms with Crippen molar-refractivity contribution in [2.45, 2.75) is 18.6 Å². The smallest absolute Gasteiger partial charge is 0.200 e. The molecule has 3 rings (SSSR count). The molecule has 1 aliphatic heterocycles. The Hall–Kier alpha value is -2.60. The van der Waals surface area contributed by atoms with Gasteiger partial charge in [0, 0.05) is 12.0 Å². The van der Waals surface area contributed by atoms with Gasteiger partial charge in [-0.1, -0.05) is 12.1 Å². The molecular formula is C15H14O6. The third-order valence-electron chi connectivity index (χ3n) is 3.54. The van der Waals surface area contributed by atoms with E-state index in [2.05, 4.69) is 0 Å². The molecule has 0 saturated carbocycles. The molecule has 6 nitrogen and oxygen atoms in total. The lowest BCUT2D eigenvalue weighted by molar-refractivity contribution is 0.0186. The van der Waals surface area contributed by atoms with E-state index < -0.39 is 12.2 Å². The van der Waals surface area contributed by atoms with E-state index in [4.69, 9.17) is 4.74 Å². The maximum atomic E-state index is 10.2. The molecule has 0 spiro atoms. The van der Waals surface area contributed by atoms with Gasteiger partial charge in [0.05, 0.1) is 6.10 Å². The summed E-state index contributed by atoms with van der Waals surface area (Å²) < 4.78 is 5.58. The summed E-state index contributed by atoms with van der Waals surface area (Å²) in [7, 11) is 0. The molecular weight excluding hydrogens is 276 g/mol. The van der Waals surface area contributed by atoms with E-state index in [0.29, 0.717) is 11.1 Å². The molecule has 0 fully saturated rings. The minimum absolute atomic E-state index is 0.109. The molecule has 0 amide bonds. The fourth-order valence-corrected chi connectivity index (χ4v) is 2.44. The minimum atomic E-state index is -0.884. The second-order valence-corrected chi connectivity index (χ2v) is 4.98. The SMILES string of the molecule is Oc1ccc([C@@H]2Oc3c(ccc(O)c3O)C[C@@H]2O)cc1O. The number of aromatic hydroxyl groups is 4. The van der Waals surface area contributed by atoms with Gasteiger partial charge >= 0.3 is 0 Å². The molecule has 0 aromatic heterocycles. The van der Waals surface area contributed by atoms with E-state index in [9.17, 15) is 25.5 Å². The lowest BCUT2D eigenvalue weighted by Crippen LogP contribution is -2.30. The van der Waals surface area contributed by atoms with Crippen LogP contribution in [0.15, 0.2) is 30.3 Å². The number of benzene rings is 2. The molecule has 1 aliphatic rings. The molecule has 0 bridgehead atoms. The first-order valence-electron chi connectivity index (χ1n) is 6.37. The topological polar surface area (TPSA) is 110 Å². The number of rotatable bonds is 1. The van der Waals surface area contributed by atoms with E-state index in [1.807, 2.05) is 0 Å². The number of phenols is 4. The largest absolute Gasteiger partial charge is 0.504 e. The van der Waals surface area contributed by atoms with Crippen LogP contribution in [0.1, 0.15) is 17.2 Å². The zero-order valence-corrected chi connectivity index (χ0v) is 10.9. The van der Waals surface area contributed by atoms with E-state index in [1.54, 1.807) is 6.07 Å². The molecule has 0 unspecified atom stereocenters. The van der Waals surface area contributed by atoms with Gasteiger partial charge in [0.15, 0.2) is 29.1 Å². The van der Waals surface area contributed by atoms with Crippen LogP contribution in [0.4, 0.5) is 0 Å². The first-order valence-corrected chi connectivity index (χ1v) is 6.37. The number of ether oxygens (including phenoxy) is 1. The third kappa shape index (κ3) is 2.19. The van der Waals surface area contributed by atoms with E-state index in [0.717, 1.165) is 0 Å². The molecule has 2 atom stereocenters. The van der Waals surface area contributed by atoms with Gasteiger partial charge < -0.3 is 30.3 Å². The number of aliphatic hydroxyl groups excluding tert-OH is 1. The van der Waals surface area contributed by atoms with Crippen LogP contribution in [0.25, 0.3) is 0 Å². The van der Waals surface area contributed by atoms with Gasteiger partial charge in [-0.15, -0.1) is 0 Å². The fraction of sp³-hybridized carbons (Fsp3) is 0.200. The van der Waals surface area contributed by atoms with E-state index >= 15 is 0 Å². The number of hydrogen-bond acceptors (Lipinski definition) is 6. The van der Waals surface area contributed by atoms with Gasteiger partial charge in [0.1, 0.15) is 0 Å². The molecule has 1 heterocycles. The monoisotopic (exact) mass is 290 g/mol. The first-order chi connectivity index (χ1) is 9.97. The Labute approximate surface area is 120 Å². The second-order valence-electron chi connectivity index (χ2n) is 4.98. The van der Waals surface area contributed by atoms with Crippen molar-refractivity contribution in [3.05, 3.63) is 41.5 Å². The first kappa shape index (κ1) is 13.4. The van der Waals surface area contributed by atoms with Crippen molar-refractivity contribution in [1.29, 1.82) is 0 Å². The number of phenolic OH excluding ortho intramolecular Hbond substituents is 4. The summed E-state index contributed by atoms with van der Waals surface area (Å²) in [6.07, 6.45) is -1.47. The quantitative estimate of drug-likeness (QED) is 0.510. The van der Waals surface area contributed by atoms with Gasteiger partial charge in [-0.2, -0.15) is 0 Å². The molecule has 0 saturated heterocycles. The van der Waals surface area contributed by atoms with Crippen molar-refractivity contribution in [2.24, 2.45) is 0 Å². The normalized spacial score (nSPS) is 20.6. The van der Waals surface area contributed by atoms with Crippen LogP contribution >= 0.6 is 0 Å². The van der Waals surface area contributed by atoms with Gasteiger partial charge in [-0.05, 0) is 23.8 Å². The lowest BCUT2D eigenvalue weighted by Gasteiger charge is -2.31. The van der Waals surface area contributed by atoms with Crippen molar-refractivity contribution in [3.8, 4) is 28.7 Å². The van der Waals surface area contributed by atoms with Crippen LogP contribution in [-0.4, -0.2) is 31.6 Å². The summed E-state index contributed by atoms with van der Waals surface area (Å²) in [5, 5.41) is 48.4. The Bertz CT molecular complexity index is 697. The van der Waals surface area contributed by atoms with Crippen molar-refractivity contribution >= 4 is 0 Å². The van der Waals surface area contributed by atoms with Crippen molar-refractivity contribution < 1.29 is 30.3 Å². The molecule has 0 aliphatic carbocycles. The molecule has 0 radical (unpaired) electrons. The Kier molecular flexibility index (Phi) is 3.03. The maximum Gasteiger partial charge on any atom is 0.200 e. The molecule has 21 heavy (non-hydrogen) atoms. The zero-order chi connectivity index (χ0) is 15.1. The highest BCUT2D eigenvalue weighted by atomic mass is 16.5. The van der Waals surface area contributed by atoms with E-state index in [-0.39, 0.29) is 35.2 Å². The lowest BCUT2D eigenvalue weighted by atomic mass is 9.94. The zero-order valence-electron chi connectivity index (χ0n) is 10.9. The average Bonchev–Trinajstić information content (AvgIpc) is 2.46. The molecule has 5 N–H and O–H groups in total. The molecule has 110 valence electrons. The van der Waals surface area contributed by atoms with Crippen LogP contribution in [-0.2, 0) is 6.42 Å². The summed E-state index contributed by atoms with van der Waals surface area (Å²) in [6.45, 7) is 0. The van der Waals surface area contributed by atoms with Crippen LogP contribution in [0.2, 0.25) is 0 Å². The molecule has 2 aromatic rings. The Balaban J connectivity index is 2.01. The summed E-state index contributed by atoms with van der Waals surface area (Å²) in [5.74, 6) is -1.18. The Morgan fingerprint density at radius 3 is 2.33 bits per heavy atom. The van der Waals surface area contributed by atoms with Gasteiger partial charge in [-0.25, -0.2) is 0 Å². The van der Waals surface area contributed by atoms with Crippen LogP contribution in [0.5, 0.6) is 28.7 Å². The number of fused-ring (bicyclic) bond motifs is 1. The minimum Gasteiger partial charge on any atom is -0.504 e. The predicted molar refractivity (Wildman–Crippen MR) is 72.6 cm³/mol. The molecule has 2 aromatic carbocycles. The predicted octanol–water partition coefficient (Wildman–Crippen LogP) is 1.55. The van der Waals surface area contributed by atoms with Crippen LogP contribution in [0.3, 0.4) is 0 Å². The van der Waals surface area contributed by atoms with Crippen molar-refractivity contribution in [2.75, 3.05) is 0 Å². The summed E-state index contributed by atoms with van der Waals surface area (Å²) in [5.41, 5.74) is 1.03. The fourth-order valence-electron chi connectivity index (χ4n) is 2.44. The highest BCUT2D eigenvalue weighted by molar-refractivity contribution is 5.55. The number of aliphatic hydroxyl groups is 1. The van der Waals surface area contributed by atoms with E-state index in [1.165, 1.54) is 24.3 Å². The highest BCUT2D eigenvalue weighted by Gasteiger charge is 2.32. The third-order valence-corrected chi connectivity index (χ3v) is 3.54. The Morgan fingerprint density at radius 2 is 1.62 bits per heavy atom. The van der Waals surface area contributed by atoms with Gasteiger partial charge in [-0.3, -0.25) is 0 Å². The number of hydrogen-bond donors (Lipinski definition) is 5. The average molecular weight is 290 g/mol. The Morgan fingerprint density at radius 1 is 0.905 bits per heavy atom. The van der Waals surface area contributed by atoms with Crippen molar-refractivity contribution in [1.82, 2.24) is 0 Å². The summed E-state index contributed by atoms with van der Waals surface area (Å²) in [6, 6.07) is 6.98. The summed E-state index contributed by atoms with van der Waals surface area (Å²) in [4.78, 5) is 0. The van der Waals surface area contributed by atoms with Crippen LogP contribution in [0, 0.1) is 0 Å². The van der Waals surface area contributed by atoms with Crippen molar-refractivity contribution in [3.63, 3.8) is 0 Å². The maximum absolute atomic E-state index is 10.2. The highest BCUT2D eigenvalue weighted by Crippen LogP contribution is 2.45. The standard InChI is InChI=1S/C15H14O6/c16-9-3-1-7(5-11(9)18)14-12(19)6-8-2-4-10(17)13(20)15(8)21-14/h1-5,12,14,16-20H,6H2/t12-,14-/m0/s1. The summed E-state index contributed by atoms with van der Waals surface area (Å²) >= 11 is 0.